The molecule has 0 saturated heterocycles. The predicted octanol–water partition coefficient (Wildman–Crippen LogP) is 5.85. The molecule has 0 unspecified atom stereocenters. The van der Waals surface area contributed by atoms with Crippen LogP contribution in [0, 0.1) is 5.82 Å². The van der Waals surface area contributed by atoms with E-state index < -0.39 is 6.23 Å². The van der Waals surface area contributed by atoms with Gasteiger partial charge in [-0.05, 0) is 48.5 Å². The molecule has 0 spiro atoms. The SMILES string of the molecule is COc1ccc(C2=NN3[C@H](C2)c2cc(Br)ccc2O[C@@H]3c2cccc(F)c2)cc1OC. The van der Waals surface area contributed by atoms with E-state index >= 15 is 0 Å². The highest BCUT2D eigenvalue weighted by Crippen LogP contribution is 2.48. The molecule has 0 saturated carbocycles. The average Bonchev–Trinajstić information content (AvgIpc) is 3.24. The second-order valence-electron chi connectivity index (χ2n) is 7.42. The number of halogens is 2. The normalized spacial score (nSPS) is 19.2. The maximum Gasteiger partial charge on any atom is 0.213 e. The third-order valence-corrected chi connectivity index (χ3v) is 6.10. The number of benzene rings is 3. The Morgan fingerprint density at radius 1 is 1.03 bits per heavy atom. The molecular weight excluding hydrogens is 463 g/mol. The lowest BCUT2D eigenvalue weighted by Gasteiger charge is -2.38. The van der Waals surface area contributed by atoms with Crippen molar-refractivity contribution in [1.29, 1.82) is 0 Å². The van der Waals surface area contributed by atoms with Gasteiger partial charge in [0.15, 0.2) is 11.5 Å². The van der Waals surface area contributed by atoms with Crippen molar-refractivity contribution in [3.8, 4) is 17.2 Å². The first-order chi connectivity index (χ1) is 15.1. The first-order valence-electron chi connectivity index (χ1n) is 9.87. The Morgan fingerprint density at radius 3 is 2.65 bits per heavy atom. The van der Waals surface area contributed by atoms with Crippen LogP contribution in [-0.4, -0.2) is 24.9 Å². The molecule has 7 heteroatoms. The molecule has 5 nitrogen and oxygen atoms in total. The van der Waals surface area contributed by atoms with Gasteiger partial charge in [-0.3, -0.25) is 0 Å². The molecule has 0 radical (unpaired) electrons. The number of ether oxygens (including phenoxy) is 3. The highest BCUT2D eigenvalue weighted by molar-refractivity contribution is 9.10. The summed E-state index contributed by atoms with van der Waals surface area (Å²) in [6.45, 7) is 0. The maximum atomic E-state index is 14.0. The Kier molecular flexibility index (Phi) is 5.06. The zero-order chi connectivity index (χ0) is 21.5. The van der Waals surface area contributed by atoms with E-state index in [0.717, 1.165) is 32.6 Å². The summed E-state index contributed by atoms with van der Waals surface area (Å²) in [5.74, 6) is 1.79. The number of hydrogen-bond donors (Lipinski definition) is 0. The fourth-order valence-corrected chi connectivity index (χ4v) is 4.51. The number of hydrogen-bond acceptors (Lipinski definition) is 5. The third-order valence-electron chi connectivity index (χ3n) is 5.60. The van der Waals surface area contributed by atoms with Crippen LogP contribution in [0.25, 0.3) is 0 Å². The predicted molar refractivity (Wildman–Crippen MR) is 119 cm³/mol. The van der Waals surface area contributed by atoms with Crippen LogP contribution in [0.5, 0.6) is 17.2 Å². The van der Waals surface area contributed by atoms with Gasteiger partial charge in [0.05, 0.1) is 26.0 Å². The largest absolute Gasteiger partial charge is 0.493 e. The minimum Gasteiger partial charge on any atom is -0.493 e. The van der Waals surface area contributed by atoms with Crippen molar-refractivity contribution in [3.63, 3.8) is 0 Å². The Bertz CT molecular complexity index is 1180. The van der Waals surface area contributed by atoms with Gasteiger partial charge in [0.25, 0.3) is 0 Å². The first-order valence-corrected chi connectivity index (χ1v) is 10.7. The molecule has 0 N–H and O–H groups in total. The van der Waals surface area contributed by atoms with E-state index in [-0.39, 0.29) is 11.9 Å². The van der Waals surface area contributed by atoms with Crippen molar-refractivity contribution in [1.82, 2.24) is 5.01 Å². The summed E-state index contributed by atoms with van der Waals surface area (Å²) >= 11 is 3.56. The second-order valence-corrected chi connectivity index (χ2v) is 8.34. The van der Waals surface area contributed by atoms with E-state index in [1.165, 1.54) is 12.1 Å². The first kappa shape index (κ1) is 19.9. The Labute approximate surface area is 188 Å². The summed E-state index contributed by atoms with van der Waals surface area (Å²) in [6, 6.07) is 18.2. The summed E-state index contributed by atoms with van der Waals surface area (Å²) < 4.78 is 32.1. The van der Waals surface area contributed by atoms with Crippen LogP contribution in [0.1, 0.15) is 35.4 Å². The molecule has 158 valence electrons. The zero-order valence-electron chi connectivity index (χ0n) is 17.0. The van der Waals surface area contributed by atoms with Crippen LogP contribution < -0.4 is 14.2 Å². The summed E-state index contributed by atoms with van der Waals surface area (Å²) in [4.78, 5) is 0. The highest BCUT2D eigenvalue weighted by Gasteiger charge is 2.41. The molecule has 0 aliphatic carbocycles. The lowest BCUT2D eigenvalue weighted by atomic mass is 9.95. The van der Waals surface area contributed by atoms with E-state index in [1.54, 1.807) is 20.3 Å². The molecule has 2 heterocycles. The van der Waals surface area contributed by atoms with Crippen molar-refractivity contribution in [2.24, 2.45) is 5.10 Å². The van der Waals surface area contributed by atoms with Crippen LogP contribution in [-0.2, 0) is 0 Å². The monoisotopic (exact) mass is 482 g/mol. The average molecular weight is 483 g/mol. The van der Waals surface area contributed by atoms with E-state index in [1.807, 2.05) is 41.4 Å². The molecule has 31 heavy (non-hydrogen) atoms. The van der Waals surface area contributed by atoms with Crippen LogP contribution >= 0.6 is 15.9 Å². The quantitative estimate of drug-likeness (QED) is 0.467. The van der Waals surface area contributed by atoms with Crippen LogP contribution in [0.4, 0.5) is 4.39 Å². The van der Waals surface area contributed by atoms with Crippen molar-refractivity contribution in [2.45, 2.75) is 18.7 Å². The Hall–Kier alpha value is -3.06. The lowest BCUT2D eigenvalue weighted by Crippen LogP contribution is -2.33. The number of nitrogens with zero attached hydrogens (tertiary/aromatic N) is 2. The molecular formula is C24H20BrFN2O3. The molecule has 0 fully saturated rings. The van der Waals surface area contributed by atoms with Gasteiger partial charge in [-0.2, -0.15) is 5.10 Å². The van der Waals surface area contributed by atoms with Crippen LogP contribution in [0.2, 0.25) is 0 Å². The van der Waals surface area contributed by atoms with Crippen molar-refractivity contribution >= 4 is 21.6 Å². The molecule has 0 amide bonds. The van der Waals surface area contributed by atoms with Gasteiger partial charge in [0.1, 0.15) is 11.6 Å². The van der Waals surface area contributed by atoms with Gasteiger partial charge < -0.3 is 14.2 Å². The third kappa shape index (κ3) is 3.53. The standard InChI is InChI=1S/C24H20BrFN2O3/c1-29-22-8-6-14(11-23(22)30-2)19-13-20-18-12-16(25)7-9-21(18)31-24(28(20)27-19)15-4-3-5-17(26)10-15/h3-12,20,24H,13H2,1-2H3/t20-,24-/m1/s1. The fraction of sp³-hybridized carbons (Fsp3) is 0.208. The Morgan fingerprint density at radius 2 is 1.87 bits per heavy atom. The van der Waals surface area contributed by atoms with Crippen LogP contribution in [0.15, 0.2) is 70.2 Å². The maximum absolute atomic E-state index is 14.0. The molecule has 3 aromatic rings. The van der Waals surface area contributed by atoms with E-state index in [9.17, 15) is 4.39 Å². The zero-order valence-corrected chi connectivity index (χ0v) is 18.6. The topological polar surface area (TPSA) is 43.3 Å². The minimum atomic E-state index is -0.521. The molecule has 2 aliphatic heterocycles. The fourth-order valence-electron chi connectivity index (χ4n) is 4.13. The summed E-state index contributed by atoms with van der Waals surface area (Å²) in [5.41, 5.74) is 3.61. The van der Waals surface area contributed by atoms with Gasteiger partial charge in [-0.25, -0.2) is 9.40 Å². The number of fused-ring (bicyclic) bond motifs is 3. The summed E-state index contributed by atoms with van der Waals surface area (Å²) in [7, 11) is 3.23. The van der Waals surface area contributed by atoms with Gasteiger partial charge >= 0.3 is 0 Å². The molecule has 0 bridgehead atoms. The van der Waals surface area contributed by atoms with Gasteiger partial charge in [0, 0.05) is 27.6 Å². The van der Waals surface area contributed by atoms with E-state index in [0.29, 0.717) is 17.9 Å². The number of rotatable bonds is 4. The Balaban J connectivity index is 1.59. The smallest absolute Gasteiger partial charge is 0.213 e. The summed E-state index contributed by atoms with van der Waals surface area (Å²) in [6.07, 6.45) is 0.167. The van der Waals surface area contributed by atoms with Gasteiger partial charge in [0.2, 0.25) is 6.23 Å². The van der Waals surface area contributed by atoms with Crippen molar-refractivity contribution in [2.75, 3.05) is 14.2 Å². The highest BCUT2D eigenvalue weighted by atomic mass is 79.9. The van der Waals surface area contributed by atoms with Crippen LogP contribution in [0.3, 0.4) is 0 Å². The molecule has 0 aromatic heterocycles. The number of methoxy groups -OCH3 is 2. The minimum absolute atomic E-state index is 0.0300. The van der Waals surface area contributed by atoms with Crippen molar-refractivity contribution in [3.05, 3.63) is 87.6 Å². The molecule has 2 aliphatic rings. The lowest BCUT2D eigenvalue weighted by molar-refractivity contribution is -0.0192. The molecule has 5 rings (SSSR count). The molecule has 3 aromatic carbocycles. The van der Waals surface area contributed by atoms with E-state index in [4.69, 9.17) is 19.3 Å². The molecule has 2 atom stereocenters. The van der Waals surface area contributed by atoms with Gasteiger partial charge in [-0.15, -0.1) is 0 Å². The van der Waals surface area contributed by atoms with Gasteiger partial charge in [-0.1, -0.05) is 28.1 Å². The van der Waals surface area contributed by atoms with E-state index in [2.05, 4.69) is 22.0 Å². The second kappa shape index (κ2) is 7.89. The van der Waals surface area contributed by atoms with Crippen molar-refractivity contribution < 1.29 is 18.6 Å². The number of hydrazone groups is 1. The summed E-state index contributed by atoms with van der Waals surface area (Å²) in [5, 5.41) is 6.84.